The Labute approximate surface area is 223 Å². The van der Waals surface area contributed by atoms with Gasteiger partial charge < -0.3 is 23.7 Å². The fourth-order valence-corrected chi connectivity index (χ4v) is 4.19. The molecule has 0 fully saturated rings. The molecule has 0 N–H and O–H groups in total. The molecule has 0 aliphatic carbocycles. The normalized spacial score (nSPS) is 12.7. The second kappa shape index (κ2) is 25.9. The molecule has 6 nitrogen and oxygen atoms in total. The minimum atomic E-state index is -0.132. The lowest BCUT2D eigenvalue weighted by molar-refractivity contribution is -0.144. The van der Waals surface area contributed by atoms with Crippen LogP contribution >= 0.6 is 0 Å². The van der Waals surface area contributed by atoms with Gasteiger partial charge in [0, 0.05) is 19.6 Å². The molecular formula is C30H60O6. The van der Waals surface area contributed by atoms with Crippen LogP contribution in [-0.4, -0.2) is 65.4 Å². The Morgan fingerprint density at radius 1 is 0.611 bits per heavy atom. The molecule has 0 saturated heterocycles. The molecule has 1 atom stereocenters. The molecule has 0 aromatic rings. The van der Waals surface area contributed by atoms with Crippen LogP contribution in [-0.2, 0) is 28.5 Å². The van der Waals surface area contributed by atoms with Crippen molar-refractivity contribution in [1.82, 2.24) is 0 Å². The van der Waals surface area contributed by atoms with Crippen LogP contribution in [0.5, 0.6) is 0 Å². The molecule has 0 aromatic carbocycles. The zero-order chi connectivity index (χ0) is 26.7. The Morgan fingerprint density at radius 2 is 1.06 bits per heavy atom. The standard InChI is InChI=1S/C30H60O6/c1-6-7-8-9-10-11-12-13-14-18-32-21-23-34-25-26-35-24-22-33-19-15-16-29(31)36-20-17-28(2)27-30(3,4)5/h28H,6-27H2,1-5H3. The second-order valence-corrected chi connectivity index (χ2v) is 11.3. The first-order chi connectivity index (χ1) is 17.3. The molecule has 0 radical (unpaired) electrons. The lowest BCUT2D eigenvalue weighted by atomic mass is 9.84. The van der Waals surface area contributed by atoms with E-state index in [9.17, 15) is 4.79 Å². The van der Waals surface area contributed by atoms with Gasteiger partial charge in [-0.1, -0.05) is 86.0 Å². The highest BCUT2D eigenvalue weighted by Gasteiger charge is 2.15. The summed E-state index contributed by atoms with van der Waals surface area (Å²) in [5.74, 6) is 0.432. The summed E-state index contributed by atoms with van der Waals surface area (Å²) < 4.78 is 27.5. The van der Waals surface area contributed by atoms with Gasteiger partial charge in [0.15, 0.2) is 0 Å². The Balaban J connectivity index is 3.20. The highest BCUT2D eigenvalue weighted by Crippen LogP contribution is 2.25. The quantitative estimate of drug-likeness (QED) is 0.0839. The van der Waals surface area contributed by atoms with E-state index in [4.69, 9.17) is 23.7 Å². The van der Waals surface area contributed by atoms with Gasteiger partial charge in [0.25, 0.3) is 0 Å². The third-order valence-corrected chi connectivity index (χ3v) is 6.01. The average Bonchev–Trinajstić information content (AvgIpc) is 2.81. The maximum absolute atomic E-state index is 11.8. The third-order valence-electron chi connectivity index (χ3n) is 6.01. The third kappa shape index (κ3) is 29.5. The van der Waals surface area contributed by atoms with E-state index in [-0.39, 0.29) is 5.97 Å². The van der Waals surface area contributed by atoms with E-state index in [1.807, 2.05) is 0 Å². The van der Waals surface area contributed by atoms with E-state index in [2.05, 4.69) is 34.6 Å². The number of carbonyl (C=O) groups excluding carboxylic acids is 1. The van der Waals surface area contributed by atoms with E-state index in [1.165, 1.54) is 51.4 Å². The number of ether oxygens (including phenoxy) is 5. The van der Waals surface area contributed by atoms with Gasteiger partial charge in [-0.3, -0.25) is 4.79 Å². The van der Waals surface area contributed by atoms with Gasteiger partial charge in [-0.05, 0) is 37.0 Å². The van der Waals surface area contributed by atoms with Crippen LogP contribution < -0.4 is 0 Å². The van der Waals surface area contributed by atoms with Crippen molar-refractivity contribution in [1.29, 1.82) is 0 Å². The van der Waals surface area contributed by atoms with Crippen LogP contribution in [0.25, 0.3) is 0 Å². The van der Waals surface area contributed by atoms with Gasteiger partial charge in [0.2, 0.25) is 0 Å². The number of hydrogen-bond acceptors (Lipinski definition) is 6. The largest absolute Gasteiger partial charge is 0.466 e. The van der Waals surface area contributed by atoms with E-state index in [0.29, 0.717) is 77.0 Å². The maximum Gasteiger partial charge on any atom is 0.305 e. The molecule has 0 rings (SSSR count). The highest BCUT2D eigenvalue weighted by atomic mass is 16.6. The maximum atomic E-state index is 11.8. The highest BCUT2D eigenvalue weighted by molar-refractivity contribution is 5.69. The van der Waals surface area contributed by atoms with Crippen LogP contribution in [0, 0.1) is 11.3 Å². The fourth-order valence-electron chi connectivity index (χ4n) is 4.19. The average molecular weight is 517 g/mol. The van der Waals surface area contributed by atoms with E-state index < -0.39 is 0 Å². The Bertz CT molecular complexity index is 463. The summed E-state index contributed by atoms with van der Waals surface area (Å²) in [6.45, 7) is 16.6. The number of esters is 1. The lowest BCUT2D eigenvalue weighted by Gasteiger charge is -2.22. The van der Waals surface area contributed by atoms with Gasteiger partial charge >= 0.3 is 5.97 Å². The van der Waals surface area contributed by atoms with E-state index in [0.717, 1.165) is 25.9 Å². The summed E-state index contributed by atoms with van der Waals surface area (Å²) in [6, 6.07) is 0. The molecule has 1 unspecified atom stereocenters. The zero-order valence-corrected chi connectivity index (χ0v) is 24.6. The van der Waals surface area contributed by atoms with Crippen molar-refractivity contribution in [3.8, 4) is 0 Å². The summed E-state index contributed by atoms with van der Waals surface area (Å²) in [5.41, 5.74) is 0.318. The first kappa shape index (κ1) is 35.3. The Morgan fingerprint density at radius 3 is 1.56 bits per heavy atom. The second-order valence-electron chi connectivity index (χ2n) is 11.3. The smallest absolute Gasteiger partial charge is 0.305 e. The number of carbonyl (C=O) groups is 1. The van der Waals surface area contributed by atoms with Crippen molar-refractivity contribution in [2.24, 2.45) is 11.3 Å². The summed E-state index contributed by atoms with van der Waals surface area (Å²) >= 11 is 0. The molecule has 6 heteroatoms. The van der Waals surface area contributed by atoms with Crippen LogP contribution in [0.4, 0.5) is 0 Å². The first-order valence-electron chi connectivity index (χ1n) is 14.8. The van der Waals surface area contributed by atoms with Crippen molar-refractivity contribution >= 4 is 5.97 Å². The molecule has 0 spiro atoms. The molecule has 36 heavy (non-hydrogen) atoms. The number of unbranched alkanes of at least 4 members (excludes halogenated alkanes) is 8. The van der Waals surface area contributed by atoms with Gasteiger partial charge in [-0.2, -0.15) is 0 Å². The number of hydrogen-bond donors (Lipinski definition) is 0. The van der Waals surface area contributed by atoms with Gasteiger partial charge in [0.05, 0.1) is 46.2 Å². The minimum Gasteiger partial charge on any atom is -0.466 e. The summed E-state index contributed by atoms with van der Waals surface area (Å²) in [5, 5.41) is 0. The van der Waals surface area contributed by atoms with Crippen molar-refractivity contribution in [3.05, 3.63) is 0 Å². The summed E-state index contributed by atoms with van der Waals surface area (Å²) in [7, 11) is 0. The molecule has 0 heterocycles. The van der Waals surface area contributed by atoms with Crippen LogP contribution in [0.15, 0.2) is 0 Å². The van der Waals surface area contributed by atoms with Gasteiger partial charge in [0.1, 0.15) is 0 Å². The summed E-state index contributed by atoms with van der Waals surface area (Å²) in [6.07, 6.45) is 15.2. The van der Waals surface area contributed by atoms with Crippen molar-refractivity contribution < 1.29 is 28.5 Å². The molecule has 216 valence electrons. The first-order valence-corrected chi connectivity index (χ1v) is 14.8. The predicted molar refractivity (Wildman–Crippen MR) is 149 cm³/mol. The van der Waals surface area contributed by atoms with Gasteiger partial charge in [-0.15, -0.1) is 0 Å². The molecule has 0 aliphatic rings. The van der Waals surface area contributed by atoms with Crippen molar-refractivity contribution in [2.75, 3.05) is 59.5 Å². The molecule has 0 amide bonds. The van der Waals surface area contributed by atoms with Crippen LogP contribution in [0.1, 0.15) is 118 Å². The topological polar surface area (TPSA) is 63.2 Å². The monoisotopic (exact) mass is 516 g/mol. The van der Waals surface area contributed by atoms with E-state index >= 15 is 0 Å². The molecule has 0 bridgehead atoms. The van der Waals surface area contributed by atoms with Crippen LogP contribution in [0.2, 0.25) is 0 Å². The summed E-state index contributed by atoms with van der Waals surface area (Å²) in [4.78, 5) is 11.8. The van der Waals surface area contributed by atoms with Crippen molar-refractivity contribution in [3.63, 3.8) is 0 Å². The SMILES string of the molecule is CCCCCCCCCCCOCCOCCOCCOCCCC(=O)OCCC(C)CC(C)(C)C. The molecule has 0 saturated carbocycles. The Hall–Kier alpha value is -0.690. The zero-order valence-electron chi connectivity index (χ0n) is 24.6. The minimum absolute atomic E-state index is 0.132. The lowest BCUT2D eigenvalue weighted by Crippen LogP contribution is -2.14. The Kier molecular flexibility index (Phi) is 25.4. The fraction of sp³-hybridized carbons (Fsp3) is 0.967. The molecular weight excluding hydrogens is 456 g/mol. The molecule has 0 aliphatic heterocycles. The van der Waals surface area contributed by atoms with Crippen LogP contribution in [0.3, 0.4) is 0 Å². The van der Waals surface area contributed by atoms with E-state index in [1.54, 1.807) is 0 Å². The van der Waals surface area contributed by atoms with Gasteiger partial charge in [-0.25, -0.2) is 0 Å². The predicted octanol–water partition coefficient (Wildman–Crippen LogP) is 7.37. The molecule has 0 aromatic heterocycles. The van der Waals surface area contributed by atoms with Crippen molar-refractivity contribution in [2.45, 2.75) is 118 Å². The number of rotatable bonds is 27.